The van der Waals surface area contributed by atoms with Crippen molar-refractivity contribution in [1.82, 2.24) is 0 Å². The average Bonchev–Trinajstić information content (AvgIpc) is 2.46. The van der Waals surface area contributed by atoms with Crippen LogP contribution in [0.2, 0.25) is 5.02 Å². The largest absolute Gasteiger partial charge is 0.508 e. The number of aromatic hydroxyl groups is 1. The predicted molar refractivity (Wildman–Crippen MR) is 86.4 cm³/mol. The Hall–Kier alpha value is -2.00. The minimum atomic E-state index is -0.119. The first-order valence-electron chi connectivity index (χ1n) is 6.82. The maximum absolute atomic E-state index is 12.8. The van der Waals surface area contributed by atoms with E-state index in [1.54, 1.807) is 41.3 Å². The smallest absolute Gasteiger partial charge is 0.258 e. The molecule has 1 amide bonds. The van der Waals surface area contributed by atoms with E-state index in [-0.39, 0.29) is 11.7 Å². The van der Waals surface area contributed by atoms with Crippen molar-refractivity contribution >= 4 is 23.2 Å². The van der Waals surface area contributed by atoms with E-state index in [0.29, 0.717) is 22.8 Å². The molecule has 0 bridgehead atoms. The summed E-state index contributed by atoms with van der Waals surface area (Å²) in [5.41, 5.74) is 2.98. The lowest BCUT2D eigenvalue weighted by atomic mass is 10.1. The average molecular weight is 304 g/mol. The molecule has 2 aromatic carbocycles. The Labute approximate surface area is 129 Å². The molecule has 3 nitrogen and oxygen atoms in total. The number of anilines is 1. The van der Waals surface area contributed by atoms with E-state index in [2.05, 4.69) is 0 Å². The summed E-state index contributed by atoms with van der Waals surface area (Å²) < 4.78 is 0. The summed E-state index contributed by atoms with van der Waals surface area (Å²) in [4.78, 5) is 14.4. The van der Waals surface area contributed by atoms with Crippen molar-refractivity contribution in [2.75, 3.05) is 11.4 Å². The van der Waals surface area contributed by atoms with E-state index in [9.17, 15) is 9.90 Å². The highest BCUT2D eigenvalue weighted by Gasteiger charge is 2.20. The van der Waals surface area contributed by atoms with E-state index < -0.39 is 0 Å². The van der Waals surface area contributed by atoms with Crippen LogP contribution in [0, 0.1) is 13.8 Å². The zero-order valence-electron chi connectivity index (χ0n) is 12.4. The fraction of sp³-hybridized carbons (Fsp3) is 0.235. The summed E-state index contributed by atoms with van der Waals surface area (Å²) in [5, 5.41) is 10.2. The molecule has 0 spiro atoms. The molecule has 0 aliphatic heterocycles. The summed E-state index contributed by atoms with van der Waals surface area (Å²) >= 11 is 6.10. The van der Waals surface area contributed by atoms with Crippen LogP contribution in [-0.2, 0) is 0 Å². The first-order valence-corrected chi connectivity index (χ1v) is 7.20. The van der Waals surface area contributed by atoms with Crippen LogP contribution in [0.3, 0.4) is 0 Å². The van der Waals surface area contributed by atoms with Crippen LogP contribution in [0.1, 0.15) is 28.4 Å². The van der Waals surface area contributed by atoms with E-state index in [1.165, 1.54) is 0 Å². The number of hydrogen-bond acceptors (Lipinski definition) is 2. The lowest BCUT2D eigenvalue weighted by Gasteiger charge is -2.24. The number of phenolic OH excluding ortho intramolecular Hbond substituents is 1. The van der Waals surface area contributed by atoms with Gasteiger partial charge in [0.1, 0.15) is 5.75 Å². The molecule has 2 rings (SSSR count). The summed E-state index contributed by atoms with van der Waals surface area (Å²) in [6.07, 6.45) is 0. The van der Waals surface area contributed by atoms with Crippen LogP contribution in [0.15, 0.2) is 36.4 Å². The second-order valence-corrected chi connectivity index (χ2v) is 5.34. The SMILES string of the molecule is CCN(C(=O)c1cccc(Cl)c1C)c1cc(O)ccc1C. The van der Waals surface area contributed by atoms with Gasteiger partial charge in [0.15, 0.2) is 0 Å². The predicted octanol–water partition coefficient (Wildman–Crippen LogP) is 4.33. The quantitative estimate of drug-likeness (QED) is 0.917. The Balaban J connectivity index is 2.48. The number of carbonyl (C=O) groups is 1. The Morgan fingerprint density at radius 1 is 1.24 bits per heavy atom. The molecular formula is C17H18ClNO2. The monoisotopic (exact) mass is 303 g/mol. The summed E-state index contributed by atoms with van der Waals surface area (Å²) in [5.74, 6) is 0.0240. The van der Waals surface area contributed by atoms with Crippen molar-refractivity contribution in [2.45, 2.75) is 20.8 Å². The third-order valence-corrected chi connectivity index (χ3v) is 3.95. The van der Waals surface area contributed by atoms with Crippen LogP contribution in [0.5, 0.6) is 5.75 Å². The normalized spacial score (nSPS) is 10.5. The molecule has 0 fully saturated rings. The molecular weight excluding hydrogens is 286 g/mol. The number of halogens is 1. The fourth-order valence-corrected chi connectivity index (χ4v) is 2.47. The van der Waals surface area contributed by atoms with Crippen LogP contribution in [0.25, 0.3) is 0 Å². The zero-order chi connectivity index (χ0) is 15.6. The van der Waals surface area contributed by atoms with E-state index >= 15 is 0 Å². The second kappa shape index (κ2) is 6.19. The number of hydrogen-bond donors (Lipinski definition) is 1. The lowest BCUT2D eigenvalue weighted by Crippen LogP contribution is -2.31. The molecule has 0 unspecified atom stereocenters. The Bertz CT molecular complexity index is 682. The number of carbonyl (C=O) groups excluding carboxylic acids is 1. The van der Waals surface area contributed by atoms with Gasteiger partial charge in [0.25, 0.3) is 5.91 Å². The number of rotatable bonds is 3. The molecule has 0 heterocycles. The van der Waals surface area contributed by atoms with Crippen molar-refractivity contribution in [3.05, 3.63) is 58.1 Å². The van der Waals surface area contributed by atoms with Crippen molar-refractivity contribution < 1.29 is 9.90 Å². The van der Waals surface area contributed by atoms with Gasteiger partial charge >= 0.3 is 0 Å². The summed E-state index contributed by atoms with van der Waals surface area (Å²) in [6.45, 7) is 6.16. The minimum absolute atomic E-state index is 0.119. The molecule has 0 aliphatic rings. The number of phenols is 1. The highest BCUT2D eigenvalue weighted by atomic mass is 35.5. The Morgan fingerprint density at radius 3 is 2.62 bits per heavy atom. The van der Waals surface area contributed by atoms with Gasteiger partial charge in [0.05, 0.1) is 5.69 Å². The third kappa shape index (κ3) is 3.03. The number of nitrogens with zero attached hydrogens (tertiary/aromatic N) is 1. The van der Waals surface area contributed by atoms with Crippen LogP contribution in [0.4, 0.5) is 5.69 Å². The van der Waals surface area contributed by atoms with Gasteiger partial charge in [-0.1, -0.05) is 23.7 Å². The van der Waals surface area contributed by atoms with E-state index in [4.69, 9.17) is 11.6 Å². The summed E-state index contributed by atoms with van der Waals surface area (Å²) in [6, 6.07) is 10.3. The highest BCUT2D eigenvalue weighted by Crippen LogP contribution is 2.28. The van der Waals surface area contributed by atoms with Gasteiger partial charge in [-0.15, -0.1) is 0 Å². The molecule has 0 aromatic heterocycles. The number of aryl methyl sites for hydroxylation is 1. The van der Waals surface area contributed by atoms with Crippen LogP contribution >= 0.6 is 11.6 Å². The molecule has 0 aliphatic carbocycles. The van der Waals surface area contributed by atoms with Gasteiger partial charge in [0, 0.05) is 23.2 Å². The fourth-order valence-electron chi connectivity index (χ4n) is 2.30. The number of benzene rings is 2. The second-order valence-electron chi connectivity index (χ2n) is 4.93. The van der Waals surface area contributed by atoms with Crippen molar-refractivity contribution in [3.63, 3.8) is 0 Å². The van der Waals surface area contributed by atoms with Gasteiger partial charge < -0.3 is 10.0 Å². The molecule has 0 saturated carbocycles. The number of amides is 1. The standard InChI is InChI=1S/C17H18ClNO2/c1-4-19(16-10-13(20)9-8-11(16)2)17(21)14-6-5-7-15(18)12(14)3/h5-10,20H,4H2,1-3H3. The van der Waals surface area contributed by atoms with E-state index in [0.717, 1.165) is 11.1 Å². The van der Waals surface area contributed by atoms with Crippen LogP contribution in [-0.4, -0.2) is 17.6 Å². The molecule has 21 heavy (non-hydrogen) atoms. The Morgan fingerprint density at radius 2 is 1.95 bits per heavy atom. The Kier molecular flexibility index (Phi) is 4.53. The van der Waals surface area contributed by atoms with Gasteiger partial charge in [-0.25, -0.2) is 0 Å². The minimum Gasteiger partial charge on any atom is -0.508 e. The molecule has 4 heteroatoms. The maximum Gasteiger partial charge on any atom is 0.258 e. The van der Waals surface area contributed by atoms with Crippen LogP contribution < -0.4 is 4.90 Å². The van der Waals surface area contributed by atoms with Crippen molar-refractivity contribution in [1.29, 1.82) is 0 Å². The first kappa shape index (κ1) is 15.4. The maximum atomic E-state index is 12.8. The third-order valence-electron chi connectivity index (χ3n) is 3.54. The van der Waals surface area contributed by atoms with Gasteiger partial charge in [-0.05, 0) is 50.1 Å². The molecule has 0 atom stereocenters. The molecule has 2 aromatic rings. The molecule has 0 radical (unpaired) electrons. The van der Waals surface area contributed by atoms with E-state index in [1.807, 2.05) is 20.8 Å². The first-order chi connectivity index (χ1) is 9.95. The van der Waals surface area contributed by atoms with Crippen molar-refractivity contribution in [2.24, 2.45) is 0 Å². The topological polar surface area (TPSA) is 40.5 Å². The summed E-state index contributed by atoms with van der Waals surface area (Å²) in [7, 11) is 0. The lowest BCUT2D eigenvalue weighted by molar-refractivity contribution is 0.0987. The highest BCUT2D eigenvalue weighted by molar-refractivity contribution is 6.32. The van der Waals surface area contributed by atoms with Gasteiger partial charge in [-0.2, -0.15) is 0 Å². The van der Waals surface area contributed by atoms with Crippen molar-refractivity contribution in [3.8, 4) is 5.75 Å². The molecule has 0 saturated heterocycles. The van der Waals surface area contributed by atoms with Gasteiger partial charge in [0.2, 0.25) is 0 Å². The zero-order valence-corrected chi connectivity index (χ0v) is 13.1. The van der Waals surface area contributed by atoms with Gasteiger partial charge in [-0.3, -0.25) is 4.79 Å². The molecule has 1 N–H and O–H groups in total. The molecule has 110 valence electrons.